The third kappa shape index (κ3) is 2.11. The van der Waals surface area contributed by atoms with Crippen LogP contribution in [0.5, 0.6) is 0 Å². The molecule has 0 atom stereocenters. The average Bonchev–Trinajstić information content (AvgIpc) is 3.19. The summed E-state index contributed by atoms with van der Waals surface area (Å²) in [6.07, 6.45) is 0. The number of hydrogen-bond acceptors (Lipinski definition) is 4. The van der Waals surface area contributed by atoms with E-state index in [0.717, 1.165) is 16.8 Å². The Morgan fingerprint density at radius 2 is 1.67 bits per heavy atom. The lowest BCUT2D eigenvalue weighted by Crippen LogP contribution is -2.11. The monoisotopic (exact) mass is 353 g/mol. The highest BCUT2D eigenvalue weighted by atomic mass is 16.1. The van der Waals surface area contributed by atoms with Gasteiger partial charge in [0.15, 0.2) is 17.2 Å². The topological polar surface area (TPSA) is 75.7 Å². The number of hydrogen-bond donors (Lipinski definition) is 1. The molecule has 2 heterocycles. The summed E-state index contributed by atoms with van der Waals surface area (Å²) in [6, 6.07) is 14.7. The summed E-state index contributed by atoms with van der Waals surface area (Å²) >= 11 is 0. The number of nitrogens with one attached hydrogen (secondary N) is 1. The predicted octanol–water partition coefficient (Wildman–Crippen LogP) is 4.02. The number of aromatic amines is 1. The molecule has 1 N–H and O–H groups in total. The van der Waals surface area contributed by atoms with E-state index < -0.39 is 0 Å². The van der Waals surface area contributed by atoms with E-state index in [9.17, 15) is 9.59 Å². The quantitative estimate of drug-likeness (QED) is 0.486. The van der Waals surface area contributed by atoms with Crippen LogP contribution in [0, 0.1) is 13.8 Å². The van der Waals surface area contributed by atoms with Gasteiger partial charge in [-0.15, -0.1) is 0 Å². The summed E-state index contributed by atoms with van der Waals surface area (Å²) in [4.78, 5) is 31.2. The lowest BCUT2D eigenvalue weighted by atomic mass is 9.93. The van der Waals surface area contributed by atoms with Crippen LogP contribution in [-0.4, -0.2) is 26.7 Å². The molecule has 5 heteroatoms. The van der Waals surface area contributed by atoms with E-state index in [2.05, 4.69) is 15.2 Å². The van der Waals surface area contributed by atoms with Crippen LogP contribution in [0.15, 0.2) is 48.5 Å². The van der Waals surface area contributed by atoms with E-state index in [1.54, 1.807) is 18.2 Å². The first-order valence-electron chi connectivity index (χ1n) is 8.70. The zero-order chi connectivity index (χ0) is 18.7. The van der Waals surface area contributed by atoms with Crippen LogP contribution in [0.1, 0.15) is 43.1 Å². The standard InChI is InChI=1S/C22H15N3O2/c1-11-7-9-13(10-8-11)20(26)17-16-12(2)24-25-22(16)23-19-14-5-3-4-6-15(14)21(27)18(17)19/h3-10H,1-2H3,(H,23,24,25). The van der Waals surface area contributed by atoms with Gasteiger partial charge in [-0.1, -0.05) is 54.1 Å². The van der Waals surface area contributed by atoms with Crippen molar-refractivity contribution in [2.24, 2.45) is 0 Å². The summed E-state index contributed by atoms with van der Waals surface area (Å²) in [5.74, 6) is -0.352. The fraction of sp³-hybridized carbons (Fsp3) is 0.0909. The Balaban J connectivity index is 1.87. The number of ketones is 2. The van der Waals surface area contributed by atoms with E-state index in [1.165, 1.54) is 0 Å². The highest BCUT2D eigenvalue weighted by molar-refractivity contribution is 6.30. The molecule has 1 aliphatic rings. The molecule has 2 aromatic carbocycles. The molecule has 0 saturated carbocycles. The molecule has 0 bridgehead atoms. The fourth-order valence-corrected chi connectivity index (χ4v) is 3.72. The highest BCUT2D eigenvalue weighted by Gasteiger charge is 2.35. The molecule has 5 rings (SSSR count). The zero-order valence-corrected chi connectivity index (χ0v) is 14.8. The molecule has 0 radical (unpaired) electrons. The van der Waals surface area contributed by atoms with Crippen LogP contribution >= 0.6 is 0 Å². The number of H-pyrrole nitrogens is 1. The van der Waals surface area contributed by atoms with Gasteiger partial charge in [0.05, 0.1) is 16.6 Å². The van der Waals surface area contributed by atoms with E-state index >= 15 is 0 Å². The third-order valence-corrected chi connectivity index (χ3v) is 5.08. The average molecular weight is 353 g/mol. The Morgan fingerprint density at radius 1 is 0.963 bits per heavy atom. The molecule has 0 saturated heterocycles. The number of pyridine rings is 1. The third-order valence-electron chi connectivity index (χ3n) is 5.08. The van der Waals surface area contributed by atoms with Crippen molar-refractivity contribution in [1.82, 2.24) is 15.2 Å². The van der Waals surface area contributed by atoms with E-state index in [4.69, 9.17) is 0 Å². The number of carbonyl (C=O) groups is 2. The summed E-state index contributed by atoms with van der Waals surface area (Å²) in [7, 11) is 0. The second kappa shape index (κ2) is 5.45. The van der Waals surface area contributed by atoms with Gasteiger partial charge >= 0.3 is 0 Å². The van der Waals surface area contributed by atoms with Gasteiger partial charge in [0.1, 0.15) is 0 Å². The molecule has 5 nitrogen and oxygen atoms in total. The SMILES string of the molecule is Cc1ccc(C(=O)c2c3c(nc4n[nH]c(C)c24)-c2ccccc2C3=O)cc1. The van der Waals surface area contributed by atoms with Gasteiger partial charge in [-0.3, -0.25) is 14.7 Å². The molecule has 0 aliphatic heterocycles. The van der Waals surface area contributed by atoms with Gasteiger partial charge in [-0.05, 0) is 13.8 Å². The van der Waals surface area contributed by atoms with Crippen LogP contribution in [0.4, 0.5) is 0 Å². The molecule has 0 amide bonds. The van der Waals surface area contributed by atoms with Gasteiger partial charge in [0, 0.05) is 27.9 Å². The van der Waals surface area contributed by atoms with Gasteiger partial charge < -0.3 is 0 Å². The molecule has 0 fully saturated rings. The predicted molar refractivity (Wildman–Crippen MR) is 102 cm³/mol. The van der Waals surface area contributed by atoms with E-state index in [1.807, 2.05) is 44.2 Å². The molecule has 1 aliphatic carbocycles. The van der Waals surface area contributed by atoms with E-state index in [0.29, 0.717) is 39.0 Å². The molecule has 2 aromatic heterocycles. The minimum absolute atomic E-state index is 0.161. The van der Waals surface area contributed by atoms with Crippen molar-refractivity contribution in [3.8, 4) is 11.3 Å². The number of nitrogens with zero attached hydrogens (tertiary/aromatic N) is 2. The smallest absolute Gasteiger partial charge is 0.196 e. The first-order valence-corrected chi connectivity index (χ1v) is 8.70. The Bertz CT molecular complexity index is 1270. The van der Waals surface area contributed by atoms with E-state index in [-0.39, 0.29) is 11.6 Å². The number of rotatable bonds is 2. The second-order valence-electron chi connectivity index (χ2n) is 6.83. The van der Waals surface area contributed by atoms with Gasteiger partial charge in [0.25, 0.3) is 0 Å². The van der Waals surface area contributed by atoms with Crippen molar-refractivity contribution >= 4 is 22.6 Å². The Labute approximate surface area is 155 Å². The van der Waals surface area contributed by atoms with Crippen molar-refractivity contribution in [3.63, 3.8) is 0 Å². The largest absolute Gasteiger partial charge is 0.289 e. The number of aromatic nitrogens is 3. The maximum Gasteiger partial charge on any atom is 0.196 e. The molecule has 4 aromatic rings. The summed E-state index contributed by atoms with van der Waals surface area (Å²) in [5, 5.41) is 7.75. The Kier molecular flexibility index (Phi) is 3.15. The molecule has 0 unspecified atom stereocenters. The minimum atomic E-state index is -0.190. The van der Waals surface area contributed by atoms with Crippen molar-refractivity contribution in [2.75, 3.05) is 0 Å². The molecular formula is C22H15N3O2. The van der Waals surface area contributed by atoms with Gasteiger partial charge in [-0.25, -0.2) is 4.98 Å². The minimum Gasteiger partial charge on any atom is -0.289 e. The lowest BCUT2D eigenvalue weighted by molar-refractivity contribution is 0.101. The highest BCUT2D eigenvalue weighted by Crippen LogP contribution is 2.40. The van der Waals surface area contributed by atoms with Crippen LogP contribution < -0.4 is 0 Å². The number of carbonyl (C=O) groups excluding carboxylic acids is 2. The molecular weight excluding hydrogens is 338 g/mol. The summed E-state index contributed by atoms with van der Waals surface area (Å²) in [6.45, 7) is 3.80. The van der Waals surface area contributed by atoms with Crippen LogP contribution in [0.2, 0.25) is 0 Å². The van der Waals surface area contributed by atoms with Crippen LogP contribution in [-0.2, 0) is 0 Å². The lowest BCUT2D eigenvalue weighted by Gasteiger charge is -2.09. The molecule has 0 spiro atoms. The Hall–Kier alpha value is -3.60. The zero-order valence-electron chi connectivity index (χ0n) is 14.8. The maximum absolute atomic E-state index is 13.5. The second-order valence-corrected chi connectivity index (χ2v) is 6.83. The first kappa shape index (κ1) is 15.6. The number of benzene rings is 2. The van der Waals surface area contributed by atoms with Crippen molar-refractivity contribution in [1.29, 1.82) is 0 Å². The maximum atomic E-state index is 13.5. The molecule has 27 heavy (non-hydrogen) atoms. The fourth-order valence-electron chi connectivity index (χ4n) is 3.72. The first-order chi connectivity index (χ1) is 13.1. The van der Waals surface area contributed by atoms with Crippen molar-refractivity contribution in [3.05, 3.63) is 82.0 Å². The normalized spacial score (nSPS) is 12.3. The molecule has 130 valence electrons. The number of fused-ring (bicyclic) bond motifs is 4. The van der Waals surface area contributed by atoms with Crippen molar-refractivity contribution in [2.45, 2.75) is 13.8 Å². The summed E-state index contributed by atoms with van der Waals surface area (Å²) in [5.41, 5.74) is 5.39. The summed E-state index contributed by atoms with van der Waals surface area (Å²) < 4.78 is 0. The van der Waals surface area contributed by atoms with Crippen LogP contribution in [0.3, 0.4) is 0 Å². The van der Waals surface area contributed by atoms with Crippen LogP contribution in [0.25, 0.3) is 22.3 Å². The van der Waals surface area contributed by atoms with Crippen molar-refractivity contribution < 1.29 is 9.59 Å². The Morgan fingerprint density at radius 3 is 2.41 bits per heavy atom. The number of aryl methyl sites for hydroxylation is 2. The van der Waals surface area contributed by atoms with Gasteiger partial charge in [-0.2, -0.15) is 5.10 Å². The van der Waals surface area contributed by atoms with Gasteiger partial charge in [0.2, 0.25) is 0 Å².